The standard InChI is InChI=1S/C27H30N6O3/c1-19-23(26(34)33-13-5-6-14-33)30-24(31-25(19)32-15-17-36-18-16-32)20-9-11-22(12-10-20)29-27(35)28-21-7-3-2-4-8-21/h2-4,7-12H,5-6,13-18H2,1H3,(H2,28,29,35). The minimum atomic E-state index is -0.325. The lowest BCUT2D eigenvalue weighted by Gasteiger charge is -2.30. The fraction of sp³-hybridized carbons (Fsp3) is 0.333. The lowest BCUT2D eigenvalue weighted by Crippen LogP contribution is -2.38. The highest BCUT2D eigenvalue weighted by Crippen LogP contribution is 2.28. The molecule has 0 radical (unpaired) electrons. The van der Waals surface area contributed by atoms with Crippen molar-refractivity contribution in [2.24, 2.45) is 0 Å². The highest BCUT2D eigenvalue weighted by atomic mass is 16.5. The Bertz CT molecular complexity index is 1220. The van der Waals surface area contributed by atoms with Crippen molar-refractivity contribution in [3.8, 4) is 11.4 Å². The summed E-state index contributed by atoms with van der Waals surface area (Å²) in [6.07, 6.45) is 2.04. The smallest absolute Gasteiger partial charge is 0.323 e. The van der Waals surface area contributed by atoms with Crippen LogP contribution in [0.4, 0.5) is 22.0 Å². The lowest BCUT2D eigenvalue weighted by molar-refractivity contribution is 0.0786. The number of carbonyl (C=O) groups is 2. The molecule has 5 rings (SSSR count). The van der Waals surface area contributed by atoms with Crippen molar-refractivity contribution in [2.45, 2.75) is 19.8 Å². The van der Waals surface area contributed by atoms with Gasteiger partial charge in [-0.25, -0.2) is 14.8 Å². The van der Waals surface area contributed by atoms with Crippen LogP contribution in [0.2, 0.25) is 0 Å². The molecule has 2 fully saturated rings. The Morgan fingerprint density at radius 1 is 0.833 bits per heavy atom. The quantitative estimate of drug-likeness (QED) is 0.562. The normalized spacial score (nSPS) is 15.6. The van der Waals surface area contributed by atoms with E-state index in [1.807, 2.05) is 54.3 Å². The Kier molecular flexibility index (Phi) is 7.08. The number of morpholine rings is 1. The number of rotatable bonds is 5. The van der Waals surface area contributed by atoms with E-state index in [1.54, 1.807) is 12.1 Å². The molecule has 0 saturated carbocycles. The molecule has 9 heteroatoms. The van der Waals surface area contributed by atoms with E-state index in [-0.39, 0.29) is 11.9 Å². The van der Waals surface area contributed by atoms with Gasteiger partial charge in [-0.3, -0.25) is 4.79 Å². The van der Waals surface area contributed by atoms with E-state index in [2.05, 4.69) is 15.5 Å². The Labute approximate surface area is 210 Å². The monoisotopic (exact) mass is 486 g/mol. The number of carbonyl (C=O) groups excluding carboxylic acids is 2. The Morgan fingerprint density at radius 2 is 1.47 bits per heavy atom. The number of urea groups is 1. The first-order valence-corrected chi connectivity index (χ1v) is 12.3. The number of nitrogens with zero attached hydrogens (tertiary/aromatic N) is 4. The Balaban J connectivity index is 1.40. The molecule has 0 bridgehead atoms. The summed E-state index contributed by atoms with van der Waals surface area (Å²) in [6, 6.07) is 16.3. The van der Waals surface area contributed by atoms with Crippen LogP contribution in [0.3, 0.4) is 0 Å². The highest BCUT2D eigenvalue weighted by molar-refractivity contribution is 6.00. The number of hydrogen-bond acceptors (Lipinski definition) is 6. The molecule has 3 aromatic rings. The van der Waals surface area contributed by atoms with Gasteiger partial charge < -0.3 is 25.2 Å². The summed E-state index contributed by atoms with van der Waals surface area (Å²) >= 11 is 0. The number of aromatic nitrogens is 2. The predicted octanol–water partition coefficient (Wildman–Crippen LogP) is 4.17. The minimum Gasteiger partial charge on any atom is -0.378 e. The summed E-state index contributed by atoms with van der Waals surface area (Å²) in [7, 11) is 0. The first-order chi connectivity index (χ1) is 17.6. The van der Waals surface area contributed by atoms with Crippen LogP contribution in [-0.4, -0.2) is 66.2 Å². The van der Waals surface area contributed by atoms with Gasteiger partial charge in [0.1, 0.15) is 11.5 Å². The number of anilines is 3. The number of amides is 3. The zero-order valence-corrected chi connectivity index (χ0v) is 20.4. The van der Waals surface area contributed by atoms with Gasteiger partial charge in [0.15, 0.2) is 5.82 Å². The van der Waals surface area contributed by atoms with Gasteiger partial charge in [0.05, 0.1) is 13.2 Å². The Hall–Kier alpha value is -3.98. The maximum Gasteiger partial charge on any atom is 0.323 e. The molecular formula is C27H30N6O3. The van der Waals surface area contributed by atoms with Crippen molar-refractivity contribution in [3.63, 3.8) is 0 Å². The van der Waals surface area contributed by atoms with Crippen LogP contribution in [-0.2, 0) is 4.74 Å². The van der Waals surface area contributed by atoms with Gasteiger partial charge in [-0.2, -0.15) is 0 Å². The molecule has 3 amide bonds. The molecule has 2 saturated heterocycles. The fourth-order valence-corrected chi connectivity index (χ4v) is 4.51. The van der Waals surface area contributed by atoms with Crippen LogP contribution in [0.15, 0.2) is 54.6 Å². The Morgan fingerprint density at radius 3 is 2.14 bits per heavy atom. The van der Waals surface area contributed by atoms with Gasteiger partial charge in [-0.15, -0.1) is 0 Å². The van der Waals surface area contributed by atoms with E-state index in [0.717, 1.165) is 42.9 Å². The van der Waals surface area contributed by atoms with Crippen LogP contribution in [0.5, 0.6) is 0 Å². The number of ether oxygens (including phenoxy) is 1. The maximum absolute atomic E-state index is 13.3. The third-order valence-electron chi connectivity index (χ3n) is 6.46. The van der Waals surface area contributed by atoms with Crippen molar-refractivity contribution in [1.29, 1.82) is 0 Å². The van der Waals surface area contributed by atoms with Crippen molar-refractivity contribution in [2.75, 3.05) is 54.9 Å². The predicted molar refractivity (Wildman–Crippen MR) is 139 cm³/mol. The minimum absolute atomic E-state index is 0.0426. The molecule has 0 aliphatic carbocycles. The maximum atomic E-state index is 13.3. The van der Waals surface area contributed by atoms with Crippen molar-refractivity contribution >= 4 is 29.1 Å². The average Bonchev–Trinajstić information content (AvgIpc) is 3.45. The summed E-state index contributed by atoms with van der Waals surface area (Å²) in [6.45, 7) is 6.13. The SMILES string of the molecule is Cc1c(C(=O)N2CCCC2)nc(-c2ccc(NC(=O)Nc3ccccc3)cc2)nc1N1CCOCC1. The molecule has 2 aliphatic heterocycles. The van der Waals surface area contributed by atoms with E-state index >= 15 is 0 Å². The molecule has 1 aromatic heterocycles. The topological polar surface area (TPSA) is 99.7 Å². The van der Waals surface area contributed by atoms with Gasteiger partial charge in [0.25, 0.3) is 5.91 Å². The molecule has 3 heterocycles. The van der Waals surface area contributed by atoms with Crippen molar-refractivity contribution in [3.05, 3.63) is 65.9 Å². The highest BCUT2D eigenvalue weighted by Gasteiger charge is 2.27. The van der Waals surface area contributed by atoms with E-state index < -0.39 is 0 Å². The summed E-state index contributed by atoms with van der Waals surface area (Å²) in [5, 5.41) is 5.63. The third kappa shape index (κ3) is 5.31. The second-order valence-electron chi connectivity index (χ2n) is 8.97. The van der Waals surface area contributed by atoms with Crippen LogP contribution in [0, 0.1) is 6.92 Å². The first kappa shape index (κ1) is 23.7. The summed E-state index contributed by atoms with van der Waals surface area (Å²) in [5.74, 6) is 1.22. The summed E-state index contributed by atoms with van der Waals surface area (Å²) in [4.78, 5) is 39.3. The third-order valence-corrected chi connectivity index (χ3v) is 6.46. The molecule has 2 N–H and O–H groups in total. The average molecular weight is 487 g/mol. The molecule has 36 heavy (non-hydrogen) atoms. The zero-order chi connectivity index (χ0) is 24.9. The van der Waals surface area contributed by atoms with E-state index in [9.17, 15) is 9.59 Å². The number of para-hydroxylation sites is 1. The fourth-order valence-electron chi connectivity index (χ4n) is 4.51. The van der Waals surface area contributed by atoms with Crippen LogP contribution in [0.1, 0.15) is 28.9 Å². The number of benzene rings is 2. The molecule has 0 atom stereocenters. The van der Waals surface area contributed by atoms with Crippen LogP contribution < -0.4 is 15.5 Å². The zero-order valence-electron chi connectivity index (χ0n) is 20.4. The molecule has 0 spiro atoms. The second-order valence-corrected chi connectivity index (χ2v) is 8.97. The summed E-state index contributed by atoms with van der Waals surface area (Å²) < 4.78 is 5.52. The van der Waals surface area contributed by atoms with Gasteiger partial charge in [-0.1, -0.05) is 18.2 Å². The molecular weight excluding hydrogens is 456 g/mol. The molecule has 0 unspecified atom stereocenters. The lowest BCUT2D eigenvalue weighted by atomic mass is 10.1. The van der Waals surface area contributed by atoms with Gasteiger partial charge >= 0.3 is 6.03 Å². The van der Waals surface area contributed by atoms with E-state index in [1.165, 1.54) is 0 Å². The van der Waals surface area contributed by atoms with Gasteiger partial charge in [0, 0.05) is 48.7 Å². The molecule has 2 aromatic carbocycles. The number of hydrogen-bond donors (Lipinski definition) is 2. The molecule has 186 valence electrons. The molecule has 9 nitrogen and oxygen atoms in total. The van der Waals surface area contributed by atoms with Crippen LogP contribution >= 0.6 is 0 Å². The van der Waals surface area contributed by atoms with Crippen LogP contribution in [0.25, 0.3) is 11.4 Å². The summed E-state index contributed by atoms with van der Waals surface area (Å²) in [5.41, 5.74) is 3.38. The van der Waals surface area contributed by atoms with Crippen molar-refractivity contribution in [1.82, 2.24) is 14.9 Å². The first-order valence-electron chi connectivity index (χ1n) is 12.3. The van der Waals surface area contributed by atoms with E-state index in [0.29, 0.717) is 49.2 Å². The van der Waals surface area contributed by atoms with Gasteiger partial charge in [0.2, 0.25) is 0 Å². The second kappa shape index (κ2) is 10.7. The van der Waals surface area contributed by atoms with Gasteiger partial charge in [-0.05, 0) is 56.2 Å². The largest absolute Gasteiger partial charge is 0.378 e. The molecule has 2 aliphatic rings. The van der Waals surface area contributed by atoms with Crippen molar-refractivity contribution < 1.29 is 14.3 Å². The number of likely N-dealkylation sites (tertiary alicyclic amines) is 1. The number of nitrogens with one attached hydrogen (secondary N) is 2. The van der Waals surface area contributed by atoms with E-state index in [4.69, 9.17) is 14.7 Å².